The fourth-order valence-electron chi connectivity index (χ4n) is 3.67. The minimum Gasteiger partial charge on any atom is -0.493 e. The number of hydrogen-bond donors (Lipinski definition) is 1. The fraction of sp³-hybridized carbons (Fsp3) is 0.182. The Morgan fingerprint density at radius 1 is 1.04 bits per heavy atom. The van der Waals surface area contributed by atoms with Gasteiger partial charge in [0.05, 0.1) is 26.0 Å². The van der Waals surface area contributed by atoms with Crippen molar-refractivity contribution in [2.75, 3.05) is 14.2 Å². The van der Waals surface area contributed by atoms with Crippen LogP contribution in [0.2, 0.25) is 0 Å². The second-order valence-electron chi connectivity index (χ2n) is 6.59. The number of hydrazone groups is 1. The van der Waals surface area contributed by atoms with E-state index in [0.717, 1.165) is 16.8 Å². The molecule has 6 heteroatoms. The molecule has 1 unspecified atom stereocenters. The molecule has 0 amide bonds. The van der Waals surface area contributed by atoms with Gasteiger partial charge in [0.2, 0.25) is 0 Å². The number of rotatable bonds is 4. The maximum Gasteiger partial charge on any atom is 0.187 e. The van der Waals surface area contributed by atoms with Crippen molar-refractivity contribution < 1.29 is 9.47 Å². The van der Waals surface area contributed by atoms with Crippen LogP contribution in [0.25, 0.3) is 10.8 Å². The third-order valence-electron chi connectivity index (χ3n) is 5.03. The van der Waals surface area contributed by atoms with Gasteiger partial charge in [-0.15, -0.1) is 0 Å². The molecule has 0 saturated heterocycles. The van der Waals surface area contributed by atoms with Crippen molar-refractivity contribution in [3.05, 3.63) is 71.8 Å². The van der Waals surface area contributed by atoms with Gasteiger partial charge in [-0.25, -0.2) is 5.01 Å². The van der Waals surface area contributed by atoms with Crippen LogP contribution in [0.4, 0.5) is 0 Å². The molecule has 0 aliphatic carbocycles. The number of ether oxygens (including phenoxy) is 2. The van der Waals surface area contributed by atoms with Crippen LogP contribution in [0.3, 0.4) is 0 Å². The lowest BCUT2D eigenvalue weighted by Crippen LogP contribution is -2.31. The van der Waals surface area contributed by atoms with Crippen LogP contribution in [-0.4, -0.2) is 30.1 Å². The largest absolute Gasteiger partial charge is 0.493 e. The highest BCUT2D eigenvalue weighted by Crippen LogP contribution is 2.38. The summed E-state index contributed by atoms with van der Waals surface area (Å²) in [5.41, 5.74) is 9.08. The predicted octanol–water partition coefficient (Wildman–Crippen LogP) is 4.25. The Kier molecular flexibility index (Phi) is 4.88. The molecule has 1 aliphatic rings. The van der Waals surface area contributed by atoms with Gasteiger partial charge in [0.25, 0.3) is 0 Å². The third-order valence-corrected chi connectivity index (χ3v) is 5.22. The number of benzene rings is 3. The van der Waals surface area contributed by atoms with Crippen molar-refractivity contribution in [2.24, 2.45) is 10.8 Å². The number of thiocarbonyl (C=S) groups is 1. The zero-order valence-electron chi connectivity index (χ0n) is 15.8. The maximum absolute atomic E-state index is 6.00. The molecule has 5 nitrogen and oxygen atoms in total. The van der Waals surface area contributed by atoms with E-state index < -0.39 is 0 Å². The van der Waals surface area contributed by atoms with Gasteiger partial charge in [-0.1, -0.05) is 48.5 Å². The van der Waals surface area contributed by atoms with Gasteiger partial charge in [0.15, 0.2) is 16.6 Å². The van der Waals surface area contributed by atoms with Crippen LogP contribution in [0.5, 0.6) is 11.5 Å². The van der Waals surface area contributed by atoms with Crippen LogP contribution in [-0.2, 0) is 0 Å². The van der Waals surface area contributed by atoms with Crippen molar-refractivity contribution in [1.29, 1.82) is 0 Å². The Labute approximate surface area is 169 Å². The van der Waals surface area contributed by atoms with Gasteiger partial charge in [-0.05, 0) is 40.7 Å². The first-order valence-electron chi connectivity index (χ1n) is 8.98. The monoisotopic (exact) mass is 391 g/mol. The minimum atomic E-state index is -0.0914. The summed E-state index contributed by atoms with van der Waals surface area (Å²) in [4.78, 5) is 0. The molecule has 0 radical (unpaired) electrons. The Morgan fingerprint density at radius 2 is 1.79 bits per heavy atom. The van der Waals surface area contributed by atoms with Gasteiger partial charge in [0, 0.05) is 12.0 Å². The predicted molar refractivity (Wildman–Crippen MR) is 116 cm³/mol. The van der Waals surface area contributed by atoms with E-state index >= 15 is 0 Å². The van der Waals surface area contributed by atoms with Crippen molar-refractivity contribution in [3.8, 4) is 11.5 Å². The molecule has 1 atom stereocenters. The molecule has 142 valence electrons. The number of nitrogens with zero attached hydrogens (tertiary/aromatic N) is 2. The third kappa shape index (κ3) is 3.16. The molecule has 0 spiro atoms. The first-order valence-corrected chi connectivity index (χ1v) is 9.39. The van der Waals surface area contributed by atoms with Crippen molar-refractivity contribution in [2.45, 2.75) is 12.5 Å². The normalized spacial score (nSPS) is 16.1. The molecule has 4 rings (SSSR count). The number of nitrogens with two attached hydrogens (primary N) is 1. The highest BCUT2D eigenvalue weighted by atomic mass is 32.1. The van der Waals surface area contributed by atoms with Gasteiger partial charge in [0.1, 0.15) is 0 Å². The fourth-order valence-corrected chi connectivity index (χ4v) is 3.84. The summed E-state index contributed by atoms with van der Waals surface area (Å²) < 4.78 is 10.8. The summed E-state index contributed by atoms with van der Waals surface area (Å²) >= 11 is 5.28. The first kappa shape index (κ1) is 18.3. The standard InChI is InChI=1S/C22H21N3O2S/c1-26-20-11-10-15(12-21(20)27-2)19-13-18(24-25(19)22(23)28)17-9-5-7-14-6-3-4-8-16(14)17/h3-12,19H,13H2,1-2H3,(H2,23,28). The number of fused-ring (bicyclic) bond motifs is 1. The molecule has 1 heterocycles. The smallest absolute Gasteiger partial charge is 0.187 e. The molecule has 0 bridgehead atoms. The number of methoxy groups -OCH3 is 2. The van der Waals surface area contributed by atoms with Crippen molar-refractivity contribution in [3.63, 3.8) is 0 Å². The molecule has 28 heavy (non-hydrogen) atoms. The molecule has 0 saturated carbocycles. The van der Waals surface area contributed by atoms with Gasteiger partial charge in [-0.3, -0.25) is 0 Å². The Bertz CT molecular complexity index is 1080. The van der Waals surface area contributed by atoms with Crippen LogP contribution in [0, 0.1) is 0 Å². The van der Waals surface area contributed by atoms with E-state index in [2.05, 4.69) is 30.3 Å². The Morgan fingerprint density at radius 3 is 2.54 bits per heavy atom. The molecule has 3 aromatic carbocycles. The summed E-state index contributed by atoms with van der Waals surface area (Å²) in [7, 11) is 3.25. The van der Waals surface area contributed by atoms with E-state index in [1.165, 1.54) is 10.8 Å². The molecule has 0 fully saturated rings. The minimum absolute atomic E-state index is 0.0914. The SMILES string of the molecule is COc1ccc(C2CC(c3cccc4ccccc34)=NN2C(N)=S)cc1OC. The van der Waals surface area contributed by atoms with Crippen molar-refractivity contribution >= 4 is 33.8 Å². The van der Waals surface area contributed by atoms with Gasteiger partial charge < -0.3 is 15.2 Å². The second-order valence-corrected chi connectivity index (χ2v) is 7.01. The lowest BCUT2D eigenvalue weighted by Gasteiger charge is -2.22. The summed E-state index contributed by atoms with van der Waals surface area (Å²) in [5, 5.41) is 9.08. The van der Waals surface area contributed by atoms with E-state index in [4.69, 9.17) is 32.5 Å². The first-order chi connectivity index (χ1) is 13.6. The highest BCUT2D eigenvalue weighted by Gasteiger charge is 2.31. The number of hydrogen-bond acceptors (Lipinski definition) is 4. The van der Waals surface area contributed by atoms with E-state index in [0.29, 0.717) is 17.9 Å². The van der Waals surface area contributed by atoms with E-state index in [1.54, 1.807) is 19.2 Å². The summed E-state index contributed by atoms with van der Waals surface area (Å²) in [6.07, 6.45) is 0.695. The maximum atomic E-state index is 6.00. The molecular weight excluding hydrogens is 370 g/mol. The average molecular weight is 391 g/mol. The summed E-state index contributed by atoms with van der Waals surface area (Å²) in [6.45, 7) is 0. The van der Waals surface area contributed by atoms with E-state index in [-0.39, 0.29) is 11.2 Å². The zero-order valence-corrected chi connectivity index (χ0v) is 16.6. The van der Waals surface area contributed by atoms with E-state index in [1.807, 2.05) is 30.3 Å². The lowest BCUT2D eigenvalue weighted by atomic mass is 9.95. The van der Waals surface area contributed by atoms with Crippen molar-refractivity contribution in [1.82, 2.24) is 5.01 Å². The van der Waals surface area contributed by atoms with Crippen LogP contribution >= 0.6 is 12.2 Å². The topological polar surface area (TPSA) is 60.1 Å². The molecule has 3 aromatic rings. The second kappa shape index (κ2) is 7.48. The molecule has 1 aliphatic heterocycles. The zero-order chi connectivity index (χ0) is 19.7. The van der Waals surface area contributed by atoms with Gasteiger partial charge in [-0.2, -0.15) is 5.10 Å². The highest BCUT2D eigenvalue weighted by molar-refractivity contribution is 7.80. The Balaban J connectivity index is 1.75. The molecule has 2 N–H and O–H groups in total. The van der Waals surface area contributed by atoms with Crippen LogP contribution in [0.1, 0.15) is 23.6 Å². The van der Waals surface area contributed by atoms with Crippen LogP contribution < -0.4 is 15.2 Å². The summed E-state index contributed by atoms with van der Waals surface area (Å²) in [6, 6.07) is 20.3. The van der Waals surface area contributed by atoms with Crippen LogP contribution in [0.15, 0.2) is 65.8 Å². The quantitative estimate of drug-likeness (QED) is 0.674. The average Bonchev–Trinajstić information content (AvgIpc) is 3.18. The lowest BCUT2D eigenvalue weighted by molar-refractivity contribution is 0.347. The van der Waals surface area contributed by atoms with E-state index in [9.17, 15) is 0 Å². The molecular formula is C22H21N3O2S. The van der Waals surface area contributed by atoms with Gasteiger partial charge >= 0.3 is 0 Å². The Hall–Kier alpha value is -3.12. The molecule has 0 aromatic heterocycles. The summed E-state index contributed by atoms with van der Waals surface area (Å²) in [5.74, 6) is 1.35.